The van der Waals surface area contributed by atoms with Gasteiger partial charge in [-0.1, -0.05) is 30.3 Å². The molecule has 0 unspecified atom stereocenters. The lowest BCUT2D eigenvalue weighted by molar-refractivity contribution is -0.187. The molecule has 2 aliphatic rings. The van der Waals surface area contributed by atoms with Crippen LogP contribution in [0.4, 0.5) is 4.39 Å². The zero-order chi connectivity index (χ0) is 19.7. The number of rotatable bonds is 4. The van der Waals surface area contributed by atoms with Gasteiger partial charge in [0.15, 0.2) is 5.79 Å². The SMILES string of the molecule is Fc1ccc([C@@H](c2nnc(-c3ccccc3)o2)N2CCC3(CC2)OCCO3)cc1. The average molecular weight is 395 g/mol. The minimum absolute atomic E-state index is 0.251. The van der Waals surface area contributed by atoms with Gasteiger partial charge in [-0.3, -0.25) is 4.90 Å². The molecule has 1 aromatic heterocycles. The molecule has 1 spiro atoms. The summed E-state index contributed by atoms with van der Waals surface area (Å²) in [5.41, 5.74) is 1.79. The monoisotopic (exact) mass is 395 g/mol. The van der Waals surface area contributed by atoms with Gasteiger partial charge in [0, 0.05) is 31.5 Å². The lowest BCUT2D eigenvalue weighted by Gasteiger charge is -2.40. The van der Waals surface area contributed by atoms with Gasteiger partial charge in [0.1, 0.15) is 11.9 Å². The molecule has 150 valence electrons. The highest BCUT2D eigenvalue weighted by atomic mass is 19.1. The Balaban J connectivity index is 1.45. The first-order valence-electron chi connectivity index (χ1n) is 9.89. The highest BCUT2D eigenvalue weighted by Crippen LogP contribution is 2.37. The van der Waals surface area contributed by atoms with E-state index in [9.17, 15) is 4.39 Å². The van der Waals surface area contributed by atoms with E-state index in [1.54, 1.807) is 12.1 Å². The van der Waals surface area contributed by atoms with E-state index in [-0.39, 0.29) is 11.9 Å². The maximum atomic E-state index is 13.5. The summed E-state index contributed by atoms with van der Waals surface area (Å²) in [6.45, 7) is 2.80. The second kappa shape index (κ2) is 7.67. The van der Waals surface area contributed by atoms with Crippen LogP contribution in [0.15, 0.2) is 59.0 Å². The molecule has 2 aliphatic heterocycles. The fourth-order valence-corrected chi connectivity index (χ4v) is 4.11. The van der Waals surface area contributed by atoms with Crippen molar-refractivity contribution in [3.05, 3.63) is 71.9 Å². The molecule has 2 aromatic carbocycles. The number of nitrogens with zero attached hydrogens (tertiary/aromatic N) is 3. The molecule has 6 nitrogen and oxygen atoms in total. The Labute approximate surface area is 168 Å². The molecule has 0 aliphatic carbocycles. The Bertz CT molecular complexity index is 945. The molecular weight excluding hydrogens is 373 g/mol. The van der Waals surface area contributed by atoms with E-state index in [2.05, 4.69) is 15.1 Å². The van der Waals surface area contributed by atoms with Crippen LogP contribution in [0.25, 0.3) is 11.5 Å². The number of benzene rings is 2. The fourth-order valence-electron chi connectivity index (χ4n) is 4.11. The molecule has 0 N–H and O–H groups in total. The van der Waals surface area contributed by atoms with E-state index in [0.717, 1.165) is 37.1 Å². The second-order valence-corrected chi connectivity index (χ2v) is 7.41. The summed E-state index contributed by atoms with van der Waals surface area (Å²) in [7, 11) is 0. The fraction of sp³-hybridized carbons (Fsp3) is 0.364. The first-order chi connectivity index (χ1) is 14.2. The Morgan fingerprint density at radius 3 is 2.28 bits per heavy atom. The van der Waals surface area contributed by atoms with Crippen LogP contribution >= 0.6 is 0 Å². The van der Waals surface area contributed by atoms with Gasteiger partial charge in [0.25, 0.3) is 0 Å². The third-order valence-corrected chi connectivity index (χ3v) is 5.62. The molecule has 29 heavy (non-hydrogen) atoms. The van der Waals surface area contributed by atoms with E-state index in [4.69, 9.17) is 13.9 Å². The van der Waals surface area contributed by atoms with E-state index < -0.39 is 5.79 Å². The molecule has 3 aromatic rings. The zero-order valence-electron chi connectivity index (χ0n) is 16.0. The van der Waals surface area contributed by atoms with E-state index in [1.165, 1.54) is 12.1 Å². The molecular formula is C22H22FN3O3. The van der Waals surface area contributed by atoms with Crippen molar-refractivity contribution in [2.24, 2.45) is 0 Å². The van der Waals surface area contributed by atoms with E-state index >= 15 is 0 Å². The molecule has 0 radical (unpaired) electrons. The Hall–Kier alpha value is -2.61. The van der Waals surface area contributed by atoms with Crippen LogP contribution in [0, 0.1) is 5.82 Å². The normalized spacial score (nSPS) is 20.2. The topological polar surface area (TPSA) is 60.6 Å². The van der Waals surface area contributed by atoms with Gasteiger partial charge in [-0.05, 0) is 29.8 Å². The van der Waals surface area contributed by atoms with Gasteiger partial charge < -0.3 is 13.9 Å². The summed E-state index contributed by atoms with van der Waals surface area (Å²) in [6.07, 6.45) is 1.54. The summed E-state index contributed by atoms with van der Waals surface area (Å²) in [4.78, 5) is 2.27. The predicted molar refractivity (Wildman–Crippen MR) is 103 cm³/mol. The molecule has 2 fully saturated rings. The van der Waals surface area contributed by atoms with Crippen LogP contribution in [-0.2, 0) is 9.47 Å². The molecule has 0 amide bonds. The summed E-state index contributed by atoms with van der Waals surface area (Å²) >= 11 is 0. The maximum absolute atomic E-state index is 13.5. The number of halogens is 1. The van der Waals surface area contributed by atoms with Crippen molar-refractivity contribution >= 4 is 0 Å². The smallest absolute Gasteiger partial charge is 0.247 e. The number of piperidine rings is 1. The van der Waals surface area contributed by atoms with Crippen LogP contribution in [0.5, 0.6) is 0 Å². The lowest BCUT2D eigenvalue weighted by atomic mass is 9.98. The molecule has 7 heteroatoms. The zero-order valence-corrected chi connectivity index (χ0v) is 16.0. The first kappa shape index (κ1) is 18.4. The minimum Gasteiger partial charge on any atom is -0.419 e. The van der Waals surface area contributed by atoms with Crippen molar-refractivity contribution in [2.45, 2.75) is 24.7 Å². The Kier molecular flexibility index (Phi) is 4.87. The van der Waals surface area contributed by atoms with Crippen molar-refractivity contribution in [1.29, 1.82) is 0 Å². The van der Waals surface area contributed by atoms with Gasteiger partial charge in [-0.2, -0.15) is 0 Å². The standard InChI is InChI=1S/C22H22FN3O3/c23-18-8-6-16(7-9-18)19(26-12-10-22(11-13-26)27-14-15-28-22)21-25-24-20(29-21)17-4-2-1-3-5-17/h1-9,19H,10-15H2/t19-/m0/s1. The van der Waals surface area contributed by atoms with Crippen molar-refractivity contribution in [3.63, 3.8) is 0 Å². The Morgan fingerprint density at radius 2 is 1.59 bits per heavy atom. The number of hydrogen-bond acceptors (Lipinski definition) is 6. The molecule has 0 saturated carbocycles. The molecule has 0 bridgehead atoms. The maximum Gasteiger partial charge on any atom is 0.247 e. The van der Waals surface area contributed by atoms with Crippen LogP contribution in [0.1, 0.15) is 30.3 Å². The molecule has 3 heterocycles. The van der Waals surface area contributed by atoms with Gasteiger partial charge in [0.2, 0.25) is 11.8 Å². The van der Waals surface area contributed by atoms with Crippen molar-refractivity contribution < 1.29 is 18.3 Å². The van der Waals surface area contributed by atoms with Crippen molar-refractivity contribution in [1.82, 2.24) is 15.1 Å². The quantitative estimate of drug-likeness (QED) is 0.670. The third kappa shape index (κ3) is 3.69. The molecule has 5 rings (SSSR count). The third-order valence-electron chi connectivity index (χ3n) is 5.62. The van der Waals surface area contributed by atoms with Gasteiger partial charge in [0.05, 0.1) is 13.2 Å². The Morgan fingerprint density at radius 1 is 0.897 bits per heavy atom. The van der Waals surface area contributed by atoms with Crippen molar-refractivity contribution in [3.8, 4) is 11.5 Å². The van der Waals surface area contributed by atoms with E-state index in [0.29, 0.717) is 25.0 Å². The molecule has 2 saturated heterocycles. The average Bonchev–Trinajstić information content (AvgIpc) is 3.42. The van der Waals surface area contributed by atoms with Crippen LogP contribution in [0.3, 0.4) is 0 Å². The molecule has 1 atom stereocenters. The minimum atomic E-state index is -0.464. The van der Waals surface area contributed by atoms with Gasteiger partial charge in [-0.15, -0.1) is 10.2 Å². The highest BCUT2D eigenvalue weighted by Gasteiger charge is 2.42. The number of hydrogen-bond donors (Lipinski definition) is 0. The number of ether oxygens (including phenoxy) is 2. The summed E-state index contributed by atoms with van der Waals surface area (Å²) < 4.78 is 31.3. The summed E-state index contributed by atoms with van der Waals surface area (Å²) in [6, 6.07) is 15.9. The van der Waals surface area contributed by atoms with E-state index in [1.807, 2.05) is 30.3 Å². The second-order valence-electron chi connectivity index (χ2n) is 7.41. The first-order valence-corrected chi connectivity index (χ1v) is 9.89. The summed E-state index contributed by atoms with van der Waals surface area (Å²) in [5, 5.41) is 8.59. The van der Waals surface area contributed by atoms with Crippen LogP contribution in [0.2, 0.25) is 0 Å². The lowest BCUT2D eigenvalue weighted by Crippen LogP contribution is -2.46. The van der Waals surface area contributed by atoms with Gasteiger partial charge >= 0.3 is 0 Å². The van der Waals surface area contributed by atoms with Gasteiger partial charge in [-0.25, -0.2) is 4.39 Å². The van der Waals surface area contributed by atoms with Crippen LogP contribution < -0.4 is 0 Å². The number of likely N-dealkylation sites (tertiary alicyclic amines) is 1. The van der Waals surface area contributed by atoms with Crippen LogP contribution in [-0.4, -0.2) is 47.2 Å². The van der Waals surface area contributed by atoms with Crippen molar-refractivity contribution in [2.75, 3.05) is 26.3 Å². The highest BCUT2D eigenvalue weighted by molar-refractivity contribution is 5.51. The number of aromatic nitrogens is 2. The summed E-state index contributed by atoms with van der Waals surface area (Å²) in [5.74, 6) is 0.241. The largest absolute Gasteiger partial charge is 0.419 e. The predicted octanol–water partition coefficient (Wildman–Crippen LogP) is 3.80.